The standard InChI is InChI=1S/C12H15NOS/c1-13(10-4-5-11(14)9-10)7-6-12-3-2-8-15-12/h2-3,8-9H,4-7H2,1H3. The van der Waals surface area contributed by atoms with Crippen molar-refractivity contribution in [3.63, 3.8) is 0 Å². The fourth-order valence-electron chi connectivity index (χ4n) is 1.76. The molecule has 0 fully saturated rings. The zero-order valence-corrected chi connectivity index (χ0v) is 9.72. The Labute approximate surface area is 94.2 Å². The smallest absolute Gasteiger partial charge is 0.157 e. The van der Waals surface area contributed by atoms with Gasteiger partial charge in [-0.25, -0.2) is 0 Å². The van der Waals surface area contributed by atoms with Crippen LogP contribution in [0.15, 0.2) is 29.3 Å². The van der Waals surface area contributed by atoms with Crippen molar-refractivity contribution in [1.82, 2.24) is 4.90 Å². The second kappa shape index (κ2) is 4.62. The number of allylic oxidation sites excluding steroid dienone is 2. The first-order chi connectivity index (χ1) is 7.25. The van der Waals surface area contributed by atoms with E-state index in [2.05, 4.69) is 29.5 Å². The van der Waals surface area contributed by atoms with Crippen LogP contribution >= 0.6 is 11.3 Å². The lowest BCUT2D eigenvalue weighted by Gasteiger charge is -2.19. The van der Waals surface area contributed by atoms with E-state index in [1.807, 2.05) is 0 Å². The summed E-state index contributed by atoms with van der Waals surface area (Å²) in [5.74, 6) is 0.271. The Morgan fingerprint density at radius 1 is 1.47 bits per heavy atom. The minimum absolute atomic E-state index is 0.271. The summed E-state index contributed by atoms with van der Waals surface area (Å²) in [6.45, 7) is 1.000. The van der Waals surface area contributed by atoms with Crippen LogP contribution in [-0.2, 0) is 11.2 Å². The number of thiophene rings is 1. The quantitative estimate of drug-likeness (QED) is 0.778. The van der Waals surface area contributed by atoms with E-state index >= 15 is 0 Å². The van der Waals surface area contributed by atoms with Crippen LogP contribution in [0.3, 0.4) is 0 Å². The SMILES string of the molecule is CN(CCc1cccs1)C1=CC(=O)CC1. The molecular weight excluding hydrogens is 206 g/mol. The number of hydrogen-bond acceptors (Lipinski definition) is 3. The van der Waals surface area contributed by atoms with Crippen LogP contribution in [0.5, 0.6) is 0 Å². The van der Waals surface area contributed by atoms with Crippen molar-refractivity contribution in [3.8, 4) is 0 Å². The molecule has 2 rings (SSSR count). The predicted molar refractivity (Wildman–Crippen MR) is 63.0 cm³/mol. The lowest BCUT2D eigenvalue weighted by Crippen LogP contribution is -2.19. The summed E-state index contributed by atoms with van der Waals surface area (Å²) < 4.78 is 0. The second-order valence-electron chi connectivity index (χ2n) is 3.85. The van der Waals surface area contributed by atoms with Gasteiger partial charge in [0.2, 0.25) is 0 Å². The lowest BCUT2D eigenvalue weighted by atomic mass is 10.3. The molecule has 0 unspecified atom stereocenters. The number of carbonyl (C=O) groups is 1. The molecular formula is C12H15NOS. The van der Waals surface area contributed by atoms with Gasteiger partial charge < -0.3 is 4.90 Å². The minimum atomic E-state index is 0.271. The van der Waals surface area contributed by atoms with Gasteiger partial charge in [-0.3, -0.25) is 4.79 Å². The molecule has 1 aliphatic carbocycles. The summed E-state index contributed by atoms with van der Waals surface area (Å²) in [7, 11) is 2.07. The van der Waals surface area contributed by atoms with Gasteiger partial charge in [0.25, 0.3) is 0 Å². The fraction of sp³-hybridized carbons (Fsp3) is 0.417. The highest BCUT2D eigenvalue weighted by Crippen LogP contribution is 2.18. The number of ketones is 1. The van der Waals surface area contributed by atoms with Crippen LogP contribution in [0.4, 0.5) is 0 Å². The van der Waals surface area contributed by atoms with Gasteiger partial charge in [0.15, 0.2) is 5.78 Å². The molecule has 0 spiro atoms. The summed E-state index contributed by atoms with van der Waals surface area (Å²) in [5, 5.41) is 2.10. The minimum Gasteiger partial charge on any atom is -0.377 e. The van der Waals surface area contributed by atoms with Crippen LogP contribution in [-0.4, -0.2) is 24.3 Å². The van der Waals surface area contributed by atoms with Crippen LogP contribution < -0.4 is 0 Å². The largest absolute Gasteiger partial charge is 0.377 e. The highest BCUT2D eigenvalue weighted by atomic mass is 32.1. The molecule has 3 heteroatoms. The number of hydrogen-bond donors (Lipinski definition) is 0. The molecule has 0 aromatic carbocycles. The molecule has 1 aromatic rings. The summed E-state index contributed by atoms with van der Waals surface area (Å²) in [4.78, 5) is 14.7. The molecule has 1 aliphatic rings. The van der Waals surface area contributed by atoms with Crippen molar-refractivity contribution < 1.29 is 4.79 Å². The summed E-state index contributed by atoms with van der Waals surface area (Å²) in [5.41, 5.74) is 1.19. The Bertz CT molecular complexity index is 367. The molecule has 0 radical (unpaired) electrons. The maximum absolute atomic E-state index is 11.1. The number of nitrogens with zero attached hydrogens (tertiary/aromatic N) is 1. The molecule has 1 heterocycles. The van der Waals surface area contributed by atoms with E-state index in [9.17, 15) is 4.79 Å². The topological polar surface area (TPSA) is 20.3 Å². The first-order valence-corrected chi connectivity index (χ1v) is 6.10. The van der Waals surface area contributed by atoms with Gasteiger partial charge in [-0.1, -0.05) is 6.07 Å². The highest BCUT2D eigenvalue weighted by Gasteiger charge is 2.14. The van der Waals surface area contributed by atoms with Gasteiger partial charge in [-0.05, 0) is 24.3 Å². The van der Waals surface area contributed by atoms with Gasteiger partial charge >= 0.3 is 0 Å². The van der Waals surface area contributed by atoms with Crippen molar-refractivity contribution in [2.45, 2.75) is 19.3 Å². The van der Waals surface area contributed by atoms with E-state index in [0.29, 0.717) is 6.42 Å². The van der Waals surface area contributed by atoms with E-state index in [4.69, 9.17) is 0 Å². The Hall–Kier alpha value is -1.09. The number of rotatable bonds is 4. The highest BCUT2D eigenvalue weighted by molar-refractivity contribution is 7.09. The van der Waals surface area contributed by atoms with Crippen molar-refractivity contribution in [1.29, 1.82) is 0 Å². The zero-order chi connectivity index (χ0) is 10.7. The number of likely N-dealkylation sites (N-methyl/N-ethyl adjacent to an activating group) is 1. The maximum Gasteiger partial charge on any atom is 0.157 e. The van der Waals surface area contributed by atoms with Gasteiger partial charge in [-0.2, -0.15) is 0 Å². The average molecular weight is 221 g/mol. The molecule has 0 saturated heterocycles. The van der Waals surface area contributed by atoms with Crippen molar-refractivity contribution >= 4 is 17.1 Å². The molecule has 0 saturated carbocycles. The third-order valence-electron chi connectivity index (χ3n) is 2.72. The molecule has 15 heavy (non-hydrogen) atoms. The van der Waals surface area contributed by atoms with Gasteiger partial charge in [-0.15, -0.1) is 11.3 Å². The lowest BCUT2D eigenvalue weighted by molar-refractivity contribution is -0.114. The van der Waals surface area contributed by atoms with E-state index in [1.165, 1.54) is 10.6 Å². The zero-order valence-electron chi connectivity index (χ0n) is 8.90. The first-order valence-electron chi connectivity index (χ1n) is 5.22. The van der Waals surface area contributed by atoms with Crippen LogP contribution in [0.25, 0.3) is 0 Å². The predicted octanol–water partition coefficient (Wildman–Crippen LogP) is 2.47. The molecule has 0 amide bonds. The molecule has 0 bridgehead atoms. The summed E-state index contributed by atoms with van der Waals surface area (Å²) >= 11 is 1.79. The van der Waals surface area contributed by atoms with Gasteiger partial charge in [0.05, 0.1) is 0 Å². The fourth-order valence-corrected chi connectivity index (χ4v) is 2.46. The molecule has 0 N–H and O–H groups in total. The third kappa shape index (κ3) is 2.69. The van der Waals surface area contributed by atoms with Crippen molar-refractivity contribution in [2.24, 2.45) is 0 Å². The average Bonchev–Trinajstić information content (AvgIpc) is 2.84. The normalized spacial score (nSPS) is 15.5. The molecule has 2 nitrogen and oxygen atoms in total. The third-order valence-corrected chi connectivity index (χ3v) is 3.66. The second-order valence-corrected chi connectivity index (χ2v) is 4.89. The van der Waals surface area contributed by atoms with Gasteiger partial charge in [0.1, 0.15) is 0 Å². The maximum atomic E-state index is 11.1. The Kier molecular flexibility index (Phi) is 3.21. The monoisotopic (exact) mass is 221 g/mol. The van der Waals surface area contributed by atoms with E-state index in [0.717, 1.165) is 19.4 Å². The molecule has 0 aliphatic heterocycles. The Morgan fingerprint density at radius 2 is 2.33 bits per heavy atom. The summed E-state index contributed by atoms with van der Waals surface area (Å²) in [6.07, 6.45) is 4.46. The molecule has 0 atom stereocenters. The van der Waals surface area contributed by atoms with Gasteiger partial charge in [0, 0.05) is 36.7 Å². The summed E-state index contributed by atoms with van der Waals surface area (Å²) in [6, 6.07) is 4.24. The van der Waals surface area contributed by atoms with Crippen LogP contribution in [0.1, 0.15) is 17.7 Å². The number of carbonyl (C=O) groups excluding carboxylic acids is 1. The van der Waals surface area contributed by atoms with Crippen LogP contribution in [0.2, 0.25) is 0 Å². The van der Waals surface area contributed by atoms with Crippen molar-refractivity contribution in [3.05, 3.63) is 34.2 Å². The van der Waals surface area contributed by atoms with E-state index in [-0.39, 0.29) is 5.78 Å². The van der Waals surface area contributed by atoms with E-state index in [1.54, 1.807) is 17.4 Å². The van der Waals surface area contributed by atoms with Crippen molar-refractivity contribution in [2.75, 3.05) is 13.6 Å². The molecule has 80 valence electrons. The molecule has 1 aromatic heterocycles. The Balaban J connectivity index is 1.85. The first kappa shape index (κ1) is 10.4. The van der Waals surface area contributed by atoms with Crippen LogP contribution in [0, 0.1) is 0 Å². The Morgan fingerprint density at radius 3 is 2.93 bits per heavy atom. The van der Waals surface area contributed by atoms with E-state index < -0.39 is 0 Å².